The van der Waals surface area contributed by atoms with Crippen LogP contribution in [0.25, 0.3) is 0 Å². The number of nitrogen functional groups attached to an aromatic ring is 1. The first-order valence-electron chi connectivity index (χ1n) is 4.88. The molecule has 0 atom stereocenters. The lowest BCUT2D eigenvalue weighted by Gasteiger charge is -2.01. The molecule has 0 fully saturated rings. The van der Waals surface area contributed by atoms with Crippen molar-refractivity contribution >= 4 is 17.6 Å². The number of rotatable bonds is 2. The maximum Gasteiger partial charge on any atom is 0.213 e. The Labute approximate surface area is 98.7 Å². The molecule has 0 aliphatic rings. The summed E-state index contributed by atoms with van der Waals surface area (Å²) in [6, 6.07) is 0. The van der Waals surface area contributed by atoms with Crippen LogP contribution in [0.3, 0.4) is 0 Å². The number of nitrogens with zero attached hydrogens (tertiary/aromatic N) is 4. The molecule has 0 spiro atoms. The second-order valence-electron chi connectivity index (χ2n) is 3.55. The van der Waals surface area contributed by atoms with Crippen LogP contribution in [0.4, 0.5) is 0 Å². The van der Waals surface area contributed by atoms with Gasteiger partial charge in [-0.05, 0) is 20.8 Å². The van der Waals surface area contributed by atoms with Gasteiger partial charge < -0.3 is 17.2 Å². The molecule has 0 aliphatic carbocycles. The van der Waals surface area contributed by atoms with Crippen molar-refractivity contribution in [2.45, 2.75) is 20.8 Å². The molecule has 8 nitrogen and oxygen atoms in total. The van der Waals surface area contributed by atoms with E-state index in [1.807, 2.05) is 0 Å². The molecule has 7 N–H and O–H groups in total. The number of aromatic nitrogens is 2. The Bertz CT molecular complexity index is 503. The van der Waals surface area contributed by atoms with Crippen LogP contribution < -0.4 is 17.2 Å². The van der Waals surface area contributed by atoms with Crippen LogP contribution in [0.2, 0.25) is 0 Å². The summed E-state index contributed by atoms with van der Waals surface area (Å²) in [7, 11) is 0. The summed E-state index contributed by atoms with van der Waals surface area (Å²) >= 11 is 0. The van der Waals surface area contributed by atoms with Crippen molar-refractivity contribution in [2.75, 3.05) is 0 Å². The fraction of sp³-hybridized carbons (Fsp3) is 0.333. The summed E-state index contributed by atoms with van der Waals surface area (Å²) in [6.45, 7) is 5.36. The first-order valence-corrected chi connectivity index (χ1v) is 4.88. The second-order valence-corrected chi connectivity index (χ2v) is 3.55. The van der Waals surface area contributed by atoms with E-state index in [-0.39, 0.29) is 11.9 Å². The zero-order chi connectivity index (χ0) is 13.2. The van der Waals surface area contributed by atoms with Gasteiger partial charge in [0.05, 0.1) is 17.1 Å². The van der Waals surface area contributed by atoms with Crippen molar-refractivity contribution in [1.29, 1.82) is 5.41 Å². The smallest absolute Gasteiger partial charge is 0.213 e. The third-order valence-corrected chi connectivity index (χ3v) is 2.20. The lowest BCUT2D eigenvalue weighted by atomic mass is 10.1. The number of guanidine groups is 1. The van der Waals surface area contributed by atoms with E-state index >= 15 is 0 Å². The molecule has 0 bridgehead atoms. The van der Waals surface area contributed by atoms with E-state index in [9.17, 15) is 0 Å². The molecule has 8 heteroatoms. The average molecular weight is 236 g/mol. The van der Waals surface area contributed by atoms with Crippen molar-refractivity contribution in [2.24, 2.45) is 27.4 Å². The van der Waals surface area contributed by atoms with Crippen LogP contribution in [-0.4, -0.2) is 27.4 Å². The molecular formula is C9H16N8. The number of aryl methyl sites for hydroxylation is 1. The van der Waals surface area contributed by atoms with Gasteiger partial charge >= 0.3 is 0 Å². The van der Waals surface area contributed by atoms with Gasteiger partial charge in [0.1, 0.15) is 0 Å². The molecule has 0 amide bonds. The van der Waals surface area contributed by atoms with Crippen molar-refractivity contribution < 1.29 is 0 Å². The Kier molecular flexibility index (Phi) is 3.46. The molecule has 1 heterocycles. The summed E-state index contributed by atoms with van der Waals surface area (Å²) in [5, 5.41) is 19.0. The molecule has 0 aliphatic heterocycles. The van der Waals surface area contributed by atoms with Gasteiger partial charge in [-0.15, -0.1) is 5.10 Å². The van der Waals surface area contributed by atoms with Gasteiger partial charge in [0.25, 0.3) is 0 Å². The predicted molar refractivity (Wildman–Crippen MR) is 67.0 cm³/mol. The second kappa shape index (κ2) is 4.64. The lowest BCUT2D eigenvalue weighted by Crippen LogP contribution is -2.23. The van der Waals surface area contributed by atoms with Crippen molar-refractivity contribution in [3.05, 3.63) is 17.0 Å². The normalized spacial score (nSPS) is 11.4. The van der Waals surface area contributed by atoms with E-state index in [2.05, 4.69) is 15.3 Å². The quantitative estimate of drug-likeness (QED) is 0.304. The molecule has 1 aromatic heterocycles. The van der Waals surface area contributed by atoms with Gasteiger partial charge in [0.2, 0.25) is 11.9 Å². The summed E-state index contributed by atoms with van der Waals surface area (Å²) in [5.74, 6) is -0.259. The van der Waals surface area contributed by atoms with E-state index in [0.29, 0.717) is 11.4 Å². The minimum Gasteiger partial charge on any atom is -0.369 e. The maximum atomic E-state index is 7.37. The lowest BCUT2D eigenvalue weighted by molar-refractivity contribution is 0.863. The molecule has 0 radical (unpaired) electrons. The van der Waals surface area contributed by atoms with E-state index in [1.165, 1.54) is 4.68 Å². The molecule has 1 aromatic rings. The number of hydrogen-bond acceptors (Lipinski definition) is 4. The fourth-order valence-corrected chi connectivity index (χ4v) is 1.58. The summed E-state index contributed by atoms with van der Waals surface area (Å²) in [4.78, 5) is 0. The molecule has 0 unspecified atom stereocenters. The number of nitrogens with two attached hydrogens (primary N) is 3. The maximum absolute atomic E-state index is 7.37. The Morgan fingerprint density at radius 1 is 1.24 bits per heavy atom. The highest BCUT2D eigenvalue weighted by molar-refractivity contribution is 6.01. The number of hydrogen-bond donors (Lipinski definition) is 4. The highest BCUT2D eigenvalue weighted by Crippen LogP contribution is 2.13. The highest BCUT2D eigenvalue weighted by Gasteiger charge is 2.15. The van der Waals surface area contributed by atoms with Crippen LogP contribution in [0, 0.1) is 19.3 Å². The van der Waals surface area contributed by atoms with Gasteiger partial charge in [-0.1, -0.05) is 0 Å². The van der Waals surface area contributed by atoms with Gasteiger partial charge in [-0.3, -0.25) is 5.41 Å². The van der Waals surface area contributed by atoms with Gasteiger partial charge in [-0.25, -0.2) is 4.68 Å². The largest absolute Gasteiger partial charge is 0.369 e. The molecule has 17 heavy (non-hydrogen) atoms. The molecule has 0 saturated carbocycles. The van der Waals surface area contributed by atoms with Crippen LogP contribution in [0.15, 0.2) is 10.2 Å². The average Bonchev–Trinajstić information content (AvgIpc) is 2.51. The van der Waals surface area contributed by atoms with E-state index in [1.54, 1.807) is 20.8 Å². The van der Waals surface area contributed by atoms with Crippen LogP contribution in [0.1, 0.15) is 23.9 Å². The van der Waals surface area contributed by atoms with E-state index in [4.69, 9.17) is 22.6 Å². The molecule has 0 aromatic carbocycles. The van der Waals surface area contributed by atoms with Crippen LogP contribution >= 0.6 is 0 Å². The minimum absolute atomic E-state index is 0.112. The summed E-state index contributed by atoms with van der Waals surface area (Å²) in [5.41, 5.74) is 18.6. The molecule has 0 saturated heterocycles. The van der Waals surface area contributed by atoms with Gasteiger partial charge in [0.15, 0.2) is 0 Å². The van der Waals surface area contributed by atoms with Crippen molar-refractivity contribution in [3.63, 3.8) is 0 Å². The van der Waals surface area contributed by atoms with E-state index < -0.39 is 0 Å². The molecular weight excluding hydrogens is 220 g/mol. The Morgan fingerprint density at radius 2 is 1.82 bits per heavy atom. The Hall–Kier alpha value is -2.38. The third kappa shape index (κ3) is 2.60. The fourth-order valence-electron chi connectivity index (χ4n) is 1.58. The third-order valence-electron chi connectivity index (χ3n) is 2.20. The van der Waals surface area contributed by atoms with Gasteiger partial charge in [-0.2, -0.15) is 10.2 Å². The first-order chi connectivity index (χ1) is 7.84. The zero-order valence-corrected chi connectivity index (χ0v) is 10.0. The van der Waals surface area contributed by atoms with Crippen LogP contribution in [0.5, 0.6) is 0 Å². The Morgan fingerprint density at radius 3 is 2.24 bits per heavy atom. The van der Waals surface area contributed by atoms with Crippen LogP contribution in [-0.2, 0) is 0 Å². The SMILES string of the molecule is C/C(=N\N=C(N)N)c1c(C)nn(C(=N)N)c1C. The van der Waals surface area contributed by atoms with E-state index in [0.717, 1.165) is 11.3 Å². The monoisotopic (exact) mass is 236 g/mol. The number of nitrogens with one attached hydrogen (secondary N) is 1. The highest BCUT2D eigenvalue weighted by atomic mass is 15.3. The van der Waals surface area contributed by atoms with Crippen molar-refractivity contribution in [1.82, 2.24) is 9.78 Å². The van der Waals surface area contributed by atoms with Crippen molar-refractivity contribution in [3.8, 4) is 0 Å². The summed E-state index contributed by atoms with van der Waals surface area (Å²) in [6.07, 6.45) is 0. The summed E-state index contributed by atoms with van der Waals surface area (Å²) < 4.78 is 1.33. The molecule has 1 rings (SSSR count). The zero-order valence-electron chi connectivity index (χ0n) is 10.0. The standard InChI is InChI=1S/C9H16N8/c1-4(14-15-8(10)11)7-5(2)16-17(6(7)3)9(12)13/h1-3H3,(H3,12,13)(H4,10,11,15)/b14-4+. The first kappa shape index (κ1) is 12.7. The predicted octanol–water partition coefficient (Wildman–Crippen LogP) is -0.761. The topological polar surface area (TPSA) is 144 Å². The minimum atomic E-state index is -0.147. The Balaban J connectivity index is 3.28. The molecule has 92 valence electrons. The van der Waals surface area contributed by atoms with Gasteiger partial charge in [0, 0.05) is 5.56 Å².